The third kappa shape index (κ3) is 4.87. The smallest absolute Gasteiger partial charge is 0.260 e. The van der Waals surface area contributed by atoms with Crippen LogP contribution in [0.3, 0.4) is 0 Å². The molecule has 1 radical (unpaired) electrons. The van der Waals surface area contributed by atoms with Crippen LogP contribution in [0.15, 0.2) is 0 Å². The summed E-state index contributed by atoms with van der Waals surface area (Å²) in [7, 11) is 0. The summed E-state index contributed by atoms with van der Waals surface area (Å²) in [6.07, 6.45) is 3.47. The lowest BCUT2D eigenvalue weighted by Crippen LogP contribution is -2.11. The summed E-state index contributed by atoms with van der Waals surface area (Å²) >= 11 is 4.05. The Balaban J connectivity index is 3.76. The Bertz CT molecular complexity index is 114. The van der Waals surface area contributed by atoms with E-state index in [1.54, 1.807) is 3.71 Å². The van der Waals surface area contributed by atoms with Gasteiger partial charge in [0, 0.05) is 17.8 Å². The maximum Gasteiger partial charge on any atom is 0.301 e. The second-order valence-corrected chi connectivity index (χ2v) is 4.77. The van der Waals surface area contributed by atoms with Gasteiger partial charge in [-0.1, -0.05) is 25.6 Å². The molecular weight excluding hydrogens is 198 g/mol. The van der Waals surface area contributed by atoms with Crippen LogP contribution < -0.4 is 0 Å². The summed E-state index contributed by atoms with van der Waals surface area (Å²) in [6, 6.07) is 0. The van der Waals surface area contributed by atoms with E-state index in [4.69, 9.17) is 0 Å². The third-order valence-corrected chi connectivity index (χ3v) is 3.38. The van der Waals surface area contributed by atoms with Gasteiger partial charge in [-0.3, -0.25) is 4.79 Å². The predicted octanol–water partition coefficient (Wildman–Crippen LogP) is 3.27. The van der Waals surface area contributed by atoms with E-state index in [0.29, 0.717) is 0 Å². The highest BCUT2D eigenvalue weighted by molar-refractivity contribution is 8.20. The van der Waals surface area contributed by atoms with Gasteiger partial charge in [0.1, 0.15) is 0 Å². The number of amides is 1. The highest BCUT2D eigenvalue weighted by Crippen LogP contribution is 2.25. The molecule has 0 saturated heterocycles. The fourth-order valence-electron chi connectivity index (χ4n) is 0.430. The summed E-state index contributed by atoms with van der Waals surface area (Å²) in [5.41, 5.74) is 0. The van der Waals surface area contributed by atoms with Gasteiger partial charge in [0.25, 0.3) is 0 Å². The van der Waals surface area contributed by atoms with Crippen LogP contribution in [-0.4, -0.2) is 20.5 Å². The lowest BCUT2D eigenvalue weighted by Gasteiger charge is -2.16. The minimum absolute atomic E-state index is 0.0173. The molecule has 0 aromatic heterocycles. The van der Waals surface area contributed by atoms with Crippen molar-refractivity contribution in [1.82, 2.24) is 3.71 Å². The van der Waals surface area contributed by atoms with Gasteiger partial charge in [-0.05, 0) is 23.9 Å². The average Bonchev–Trinajstić information content (AvgIpc) is 2.03. The van der Waals surface area contributed by atoms with Gasteiger partial charge in [-0.2, -0.15) is 0 Å². The molecule has 65 valence electrons. The molecule has 0 N–H and O–H groups in total. The Labute approximate surface area is 81.1 Å². The van der Waals surface area contributed by atoms with Crippen molar-refractivity contribution in [2.45, 2.75) is 13.8 Å². The topological polar surface area (TPSA) is 20.3 Å². The Morgan fingerprint density at radius 1 is 1.36 bits per heavy atom. The summed E-state index contributed by atoms with van der Waals surface area (Å²) in [4.78, 5) is 11.1. The SMILES string of the molecule is [CH2]SC(=O)N(SCC)SCC. The van der Waals surface area contributed by atoms with Gasteiger partial charge in [0.15, 0.2) is 0 Å². The van der Waals surface area contributed by atoms with E-state index in [1.165, 1.54) is 23.9 Å². The molecule has 0 aromatic rings. The molecule has 2 nitrogen and oxygen atoms in total. The maximum atomic E-state index is 11.1. The first-order valence-corrected chi connectivity index (χ1v) is 6.15. The molecule has 0 rings (SSSR count). The normalized spacial score (nSPS) is 9.73. The number of thioether (sulfide) groups is 1. The van der Waals surface area contributed by atoms with Crippen LogP contribution in [-0.2, 0) is 0 Å². The lowest BCUT2D eigenvalue weighted by molar-refractivity contribution is 0.259. The summed E-state index contributed by atoms with van der Waals surface area (Å²) < 4.78 is 1.68. The van der Waals surface area contributed by atoms with Crippen LogP contribution in [0, 0.1) is 6.26 Å². The van der Waals surface area contributed by atoms with E-state index in [-0.39, 0.29) is 5.24 Å². The van der Waals surface area contributed by atoms with Crippen LogP contribution in [0.4, 0.5) is 4.79 Å². The van der Waals surface area contributed by atoms with Crippen LogP contribution in [0.1, 0.15) is 13.8 Å². The Morgan fingerprint density at radius 2 is 1.82 bits per heavy atom. The molecule has 0 aliphatic rings. The fraction of sp³-hybridized carbons (Fsp3) is 0.667. The second-order valence-electron chi connectivity index (χ2n) is 1.50. The number of carbonyl (C=O) groups is 1. The summed E-state index contributed by atoms with van der Waals surface area (Å²) in [5.74, 6) is 1.83. The molecule has 5 heteroatoms. The zero-order valence-corrected chi connectivity index (χ0v) is 9.15. The van der Waals surface area contributed by atoms with Gasteiger partial charge in [-0.15, -0.1) is 0 Å². The Morgan fingerprint density at radius 3 is 2.09 bits per heavy atom. The van der Waals surface area contributed by atoms with Gasteiger partial charge in [0.05, 0.1) is 0 Å². The monoisotopic (exact) mass is 210 g/mol. The molecule has 0 unspecified atom stereocenters. The molecule has 0 aromatic carbocycles. The zero-order valence-electron chi connectivity index (χ0n) is 6.70. The first-order chi connectivity index (χ1) is 5.26. The van der Waals surface area contributed by atoms with Crippen molar-refractivity contribution in [2.24, 2.45) is 0 Å². The first-order valence-electron chi connectivity index (χ1n) is 3.28. The van der Waals surface area contributed by atoms with Crippen molar-refractivity contribution in [3.8, 4) is 0 Å². The van der Waals surface area contributed by atoms with Gasteiger partial charge in [-0.25, -0.2) is 3.71 Å². The molecule has 0 saturated carbocycles. The molecule has 0 aliphatic carbocycles. The minimum atomic E-state index is 0.0173. The highest BCUT2D eigenvalue weighted by Gasteiger charge is 2.11. The van der Waals surface area contributed by atoms with Crippen LogP contribution >= 0.6 is 35.7 Å². The van der Waals surface area contributed by atoms with Crippen LogP contribution in [0.25, 0.3) is 0 Å². The third-order valence-electron chi connectivity index (χ3n) is 0.765. The van der Waals surface area contributed by atoms with Crippen LogP contribution in [0.2, 0.25) is 0 Å². The van der Waals surface area contributed by atoms with E-state index in [9.17, 15) is 4.79 Å². The number of hydrogen-bond acceptors (Lipinski definition) is 4. The van der Waals surface area contributed by atoms with E-state index in [2.05, 4.69) is 6.26 Å². The summed E-state index contributed by atoms with van der Waals surface area (Å²) in [5, 5.41) is 0.0173. The van der Waals surface area contributed by atoms with Crippen molar-refractivity contribution in [2.75, 3.05) is 11.5 Å². The second kappa shape index (κ2) is 7.18. The zero-order chi connectivity index (χ0) is 8.69. The van der Waals surface area contributed by atoms with Gasteiger partial charge < -0.3 is 0 Å². The van der Waals surface area contributed by atoms with Crippen molar-refractivity contribution in [3.63, 3.8) is 0 Å². The van der Waals surface area contributed by atoms with E-state index >= 15 is 0 Å². The van der Waals surface area contributed by atoms with Crippen molar-refractivity contribution < 1.29 is 4.79 Å². The molecule has 0 aliphatic heterocycles. The summed E-state index contributed by atoms with van der Waals surface area (Å²) in [6.45, 7) is 4.05. The molecule has 0 fully saturated rings. The predicted molar refractivity (Wildman–Crippen MR) is 56.4 cm³/mol. The maximum absolute atomic E-state index is 11.1. The van der Waals surface area contributed by atoms with Crippen molar-refractivity contribution in [1.29, 1.82) is 0 Å². The van der Waals surface area contributed by atoms with E-state index < -0.39 is 0 Å². The Kier molecular flexibility index (Phi) is 7.52. The molecule has 0 bridgehead atoms. The van der Waals surface area contributed by atoms with Crippen molar-refractivity contribution in [3.05, 3.63) is 6.26 Å². The van der Waals surface area contributed by atoms with Gasteiger partial charge >= 0.3 is 5.24 Å². The number of hydrogen-bond donors (Lipinski definition) is 0. The Hall–Kier alpha value is 0.520. The quantitative estimate of drug-likeness (QED) is 0.663. The highest BCUT2D eigenvalue weighted by atomic mass is 32.2. The van der Waals surface area contributed by atoms with Gasteiger partial charge in [0.2, 0.25) is 0 Å². The first kappa shape index (κ1) is 11.5. The molecule has 1 amide bonds. The molecule has 0 atom stereocenters. The molecule has 11 heavy (non-hydrogen) atoms. The van der Waals surface area contributed by atoms with E-state index in [0.717, 1.165) is 23.3 Å². The van der Waals surface area contributed by atoms with E-state index in [1.807, 2.05) is 13.8 Å². The lowest BCUT2D eigenvalue weighted by atomic mass is 11.0. The van der Waals surface area contributed by atoms with Crippen LogP contribution in [0.5, 0.6) is 0 Å². The number of rotatable bonds is 4. The average molecular weight is 210 g/mol. The molecular formula is C6H12NOS3. The van der Waals surface area contributed by atoms with Crippen molar-refractivity contribution >= 4 is 40.9 Å². The molecule has 0 heterocycles. The fourth-order valence-corrected chi connectivity index (χ4v) is 2.78. The number of nitrogens with zero attached hydrogens (tertiary/aromatic N) is 1. The largest absolute Gasteiger partial charge is 0.301 e. The minimum Gasteiger partial charge on any atom is -0.260 e. The standard InChI is InChI=1S/C6H12NOS3/c1-4-10-7(11-5-2)6(8)9-3/h3-5H2,1-2H3. The number of carbonyl (C=O) groups excluding carboxylic acids is 1. The molecule has 0 spiro atoms.